The fraction of sp³-hybridized carbons (Fsp3) is 0.261. The number of hydrogen-bond donors (Lipinski definition) is 1. The summed E-state index contributed by atoms with van der Waals surface area (Å²) in [5.41, 5.74) is 3.89. The number of alkyl halides is 3. The second-order valence-electron chi connectivity index (χ2n) is 8.32. The van der Waals surface area contributed by atoms with Gasteiger partial charge in [0.25, 0.3) is 0 Å². The summed E-state index contributed by atoms with van der Waals surface area (Å²) >= 11 is 3.20. The Morgan fingerprint density at radius 1 is 1.03 bits per heavy atom. The van der Waals surface area contributed by atoms with E-state index in [0.717, 1.165) is 45.7 Å². The molecule has 0 amide bonds. The highest BCUT2D eigenvalue weighted by Crippen LogP contribution is 2.44. The highest BCUT2D eigenvalue weighted by molar-refractivity contribution is 7.10. The molecule has 0 fully saturated rings. The van der Waals surface area contributed by atoms with Gasteiger partial charge in [-0.3, -0.25) is 0 Å². The predicted octanol–water partition coefficient (Wildman–Crippen LogP) is 6.65. The van der Waals surface area contributed by atoms with Crippen molar-refractivity contribution < 1.29 is 22.0 Å². The Morgan fingerprint density at radius 3 is 2.44 bits per heavy atom. The van der Waals surface area contributed by atoms with Gasteiger partial charge in [0.2, 0.25) is 0 Å². The Kier molecular flexibility index (Phi) is 4.46. The molecule has 0 aromatic carbocycles. The SMILES string of the molecule is CB(F)[N+]1=C2C(=C/C1=C(/c1cc3c([nH]1)-c1ccsc1CC3)C(F)(F)F)CCc1sccc12. The maximum atomic E-state index is 14.9. The van der Waals surface area contributed by atoms with Crippen LogP contribution in [-0.2, 0) is 19.3 Å². The average molecular weight is 473 g/mol. The fourth-order valence-corrected chi connectivity index (χ4v) is 6.90. The average Bonchev–Trinajstić information content (AvgIpc) is 3.49. The first-order valence-corrected chi connectivity index (χ1v) is 12.3. The third-order valence-electron chi connectivity index (χ3n) is 6.44. The molecule has 32 heavy (non-hydrogen) atoms. The molecule has 4 heterocycles. The Labute approximate surface area is 190 Å². The number of H-pyrrole nitrogens is 1. The van der Waals surface area contributed by atoms with Crippen molar-refractivity contribution in [1.29, 1.82) is 0 Å². The second-order valence-corrected chi connectivity index (χ2v) is 10.3. The molecule has 0 radical (unpaired) electrons. The molecule has 1 N–H and O–H groups in total. The summed E-state index contributed by atoms with van der Waals surface area (Å²) in [6.45, 7) is 1.30. The molecule has 0 bridgehead atoms. The zero-order chi connectivity index (χ0) is 22.2. The van der Waals surface area contributed by atoms with Crippen molar-refractivity contribution in [2.45, 2.75) is 38.7 Å². The molecule has 162 valence electrons. The minimum absolute atomic E-state index is 0.00355. The van der Waals surface area contributed by atoms with E-state index in [1.165, 1.54) is 16.2 Å². The maximum absolute atomic E-state index is 14.9. The van der Waals surface area contributed by atoms with Crippen molar-refractivity contribution in [3.8, 4) is 11.3 Å². The van der Waals surface area contributed by atoms with Crippen LogP contribution < -0.4 is 0 Å². The third kappa shape index (κ3) is 2.94. The van der Waals surface area contributed by atoms with Gasteiger partial charge in [-0.15, -0.1) is 22.7 Å². The van der Waals surface area contributed by atoms with Gasteiger partial charge in [-0.1, -0.05) is 0 Å². The van der Waals surface area contributed by atoms with Crippen LogP contribution in [0.4, 0.5) is 17.5 Å². The van der Waals surface area contributed by atoms with Crippen molar-refractivity contribution in [1.82, 2.24) is 4.98 Å². The summed E-state index contributed by atoms with van der Waals surface area (Å²) in [5.74, 6) is 0. The summed E-state index contributed by atoms with van der Waals surface area (Å²) in [5, 5.41) is 3.89. The van der Waals surface area contributed by atoms with Crippen molar-refractivity contribution >= 4 is 41.1 Å². The van der Waals surface area contributed by atoms with Crippen LogP contribution in [0, 0.1) is 0 Å². The Morgan fingerprint density at radius 2 is 1.72 bits per heavy atom. The molecule has 3 aromatic heterocycles. The van der Waals surface area contributed by atoms with Crippen molar-refractivity contribution in [3.05, 3.63) is 72.9 Å². The Balaban J connectivity index is 1.61. The second kappa shape index (κ2) is 7.06. The van der Waals surface area contributed by atoms with E-state index in [9.17, 15) is 17.5 Å². The lowest BCUT2D eigenvalue weighted by atomic mass is 9.86. The predicted molar refractivity (Wildman–Crippen MR) is 122 cm³/mol. The number of allylic oxidation sites excluding steroid dienone is 3. The molecule has 9 heteroatoms. The Bertz CT molecular complexity index is 1350. The topological polar surface area (TPSA) is 18.8 Å². The lowest BCUT2D eigenvalue weighted by Crippen LogP contribution is -2.30. The van der Waals surface area contributed by atoms with Gasteiger partial charge < -0.3 is 4.98 Å². The van der Waals surface area contributed by atoms with Crippen molar-refractivity contribution in [2.75, 3.05) is 0 Å². The largest absolute Gasteiger partial charge is 0.696 e. The molecule has 0 atom stereocenters. The van der Waals surface area contributed by atoms with Gasteiger partial charge in [-0.05, 0) is 60.2 Å². The minimum atomic E-state index is -4.64. The molecule has 2 nitrogen and oxygen atoms in total. The van der Waals surface area contributed by atoms with Gasteiger partial charge in [-0.2, -0.15) is 13.2 Å². The normalized spacial score (nSPS) is 18.7. The van der Waals surface area contributed by atoms with Crippen LogP contribution in [0.15, 0.2) is 46.3 Å². The number of thiophene rings is 2. The number of hydrogen-bond acceptors (Lipinski definition) is 2. The highest BCUT2D eigenvalue weighted by atomic mass is 32.1. The number of rotatable bonds is 2. The molecule has 0 saturated heterocycles. The summed E-state index contributed by atoms with van der Waals surface area (Å²) < 4.78 is 59.8. The number of aryl methyl sites for hydroxylation is 3. The smallest absolute Gasteiger partial charge is 0.354 e. The highest BCUT2D eigenvalue weighted by Gasteiger charge is 2.49. The van der Waals surface area contributed by atoms with Crippen molar-refractivity contribution in [2.24, 2.45) is 0 Å². The van der Waals surface area contributed by atoms with Crippen LogP contribution in [0.25, 0.3) is 16.8 Å². The van der Waals surface area contributed by atoms with E-state index in [2.05, 4.69) is 4.98 Å². The molecule has 3 aromatic rings. The molecular formula is C23H18BF4N2S2+. The quantitative estimate of drug-likeness (QED) is 0.318. The van der Waals surface area contributed by atoms with E-state index in [1.54, 1.807) is 34.8 Å². The fourth-order valence-electron chi connectivity index (χ4n) is 5.14. The number of aromatic nitrogens is 1. The Hall–Kier alpha value is -2.39. The first-order valence-electron chi connectivity index (χ1n) is 10.5. The first kappa shape index (κ1) is 20.2. The number of fused-ring (bicyclic) bond motifs is 6. The zero-order valence-corrected chi connectivity index (χ0v) is 18.8. The molecule has 2 aliphatic carbocycles. The number of nitrogens with zero attached hydrogens (tertiary/aromatic N) is 1. The van der Waals surface area contributed by atoms with E-state index >= 15 is 0 Å². The zero-order valence-electron chi connectivity index (χ0n) is 17.1. The minimum Gasteiger partial charge on any atom is -0.354 e. The lowest BCUT2D eigenvalue weighted by molar-refractivity contribution is -0.329. The summed E-state index contributed by atoms with van der Waals surface area (Å²) in [7, 11) is -1.59. The third-order valence-corrected chi connectivity index (χ3v) is 8.40. The molecule has 6 rings (SSSR count). The van der Waals surface area contributed by atoms with E-state index in [-0.39, 0.29) is 11.4 Å². The van der Waals surface area contributed by atoms with Crippen LogP contribution in [0.3, 0.4) is 0 Å². The molecule has 0 unspecified atom stereocenters. The van der Waals surface area contributed by atoms with Gasteiger partial charge in [0.05, 0.1) is 17.0 Å². The van der Waals surface area contributed by atoms with Gasteiger partial charge in [0.15, 0.2) is 11.4 Å². The van der Waals surface area contributed by atoms with Crippen molar-refractivity contribution in [3.63, 3.8) is 0 Å². The van der Waals surface area contributed by atoms with Gasteiger partial charge >= 0.3 is 13.3 Å². The van der Waals surface area contributed by atoms with Gasteiger partial charge in [0, 0.05) is 33.8 Å². The van der Waals surface area contributed by atoms with Gasteiger partial charge in [0.1, 0.15) is 5.57 Å². The molecule has 3 aliphatic rings. The summed E-state index contributed by atoms with van der Waals surface area (Å²) in [4.78, 5) is 5.33. The van der Waals surface area contributed by atoms with Crippen LogP contribution in [0.2, 0.25) is 6.82 Å². The first-order chi connectivity index (χ1) is 15.3. The van der Waals surface area contributed by atoms with E-state index in [1.807, 2.05) is 22.9 Å². The monoisotopic (exact) mass is 473 g/mol. The lowest BCUT2D eigenvalue weighted by Gasteiger charge is -2.14. The molecular weight excluding hydrogens is 455 g/mol. The molecule has 0 spiro atoms. The molecule has 1 aliphatic heterocycles. The van der Waals surface area contributed by atoms with Crippen LogP contribution in [0.5, 0.6) is 0 Å². The van der Waals surface area contributed by atoms with Crippen LogP contribution in [0.1, 0.15) is 33.0 Å². The maximum Gasteiger partial charge on any atom is 0.696 e. The number of aromatic amines is 1. The van der Waals surface area contributed by atoms with E-state index in [0.29, 0.717) is 18.6 Å². The van der Waals surface area contributed by atoms with Crippen LogP contribution in [-0.4, -0.2) is 28.5 Å². The van der Waals surface area contributed by atoms with E-state index in [4.69, 9.17) is 0 Å². The standard InChI is InChI=1S/C23H17BF4N2S2/c1-24(28)30-17(11-13-3-5-19-15(22(13)30)7-9-32-19)20(23(25,26)27)16-10-12-2-4-18-14(6-8-31-18)21(12)29-16/h6-11H,2-5H2,1H3/p+1. The summed E-state index contributed by atoms with van der Waals surface area (Å²) in [6.07, 6.45) is -0.199. The molecule has 0 saturated carbocycles. The van der Waals surface area contributed by atoms with Crippen LogP contribution >= 0.6 is 22.7 Å². The van der Waals surface area contributed by atoms with E-state index < -0.39 is 18.9 Å². The number of halogens is 4. The number of nitrogens with one attached hydrogen (secondary N) is 1. The van der Waals surface area contributed by atoms with Gasteiger partial charge in [-0.25, -0.2) is 8.80 Å². The summed E-state index contributed by atoms with van der Waals surface area (Å²) in [6, 6.07) is 5.45.